The third kappa shape index (κ3) is 2.67. The Hall–Kier alpha value is 0.330. The number of carbonyl (C=O) groups excluding carboxylic acids is 1. The molecule has 0 fully saturated rings. The molecule has 14 heavy (non-hydrogen) atoms. The van der Waals surface area contributed by atoms with E-state index in [4.69, 9.17) is 0 Å². The van der Waals surface area contributed by atoms with Crippen molar-refractivity contribution in [1.29, 1.82) is 0 Å². The summed E-state index contributed by atoms with van der Waals surface area (Å²) in [7, 11) is 0. The molecule has 0 saturated heterocycles. The van der Waals surface area contributed by atoms with Crippen LogP contribution in [-0.4, -0.2) is 5.78 Å². The van der Waals surface area contributed by atoms with Crippen molar-refractivity contribution in [2.24, 2.45) is 0 Å². The van der Waals surface area contributed by atoms with Gasteiger partial charge in [0.15, 0.2) is 0 Å². The first kappa shape index (κ1) is 12.4. The minimum atomic E-state index is -0.226. The summed E-state index contributed by atoms with van der Waals surface area (Å²) in [5.41, 5.74) is 2.13. The average molecular weight is 385 g/mol. The van der Waals surface area contributed by atoms with Crippen molar-refractivity contribution < 1.29 is 4.79 Å². The van der Waals surface area contributed by atoms with E-state index in [2.05, 4.69) is 47.8 Å². The van der Waals surface area contributed by atoms with Gasteiger partial charge in [-0.1, -0.05) is 66.0 Å². The molecule has 76 valence electrons. The van der Waals surface area contributed by atoms with E-state index >= 15 is 0 Å². The predicted octanol–water partition coefficient (Wildman–Crippen LogP) is 4.37. The molecule has 0 aromatic heterocycles. The quantitative estimate of drug-likeness (QED) is 0.707. The highest BCUT2D eigenvalue weighted by atomic mass is 79.9. The van der Waals surface area contributed by atoms with E-state index in [0.717, 1.165) is 20.9 Å². The van der Waals surface area contributed by atoms with E-state index in [9.17, 15) is 4.79 Å². The molecule has 0 aliphatic carbocycles. The monoisotopic (exact) mass is 382 g/mol. The van der Waals surface area contributed by atoms with Crippen LogP contribution in [0.1, 0.15) is 22.9 Å². The number of hydrogen-bond donors (Lipinski definition) is 0. The molecule has 0 amide bonds. The first-order valence-electron chi connectivity index (χ1n) is 4.05. The van der Waals surface area contributed by atoms with E-state index in [1.165, 1.54) is 0 Å². The molecule has 1 aromatic carbocycles. The van der Waals surface area contributed by atoms with Crippen molar-refractivity contribution in [3.8, 4) is 0 Å². The summed E-state index contributed by atoms with van der Waals surface area (Å²) in [4.78, 5) is 11.0. The molecular weight excluding hydrogens is 376 g/mol. The van der Waals surface area contributed by atoms with Gasteiger partial charge in [0, 0.05) is 9.80 Å². The SMILES string of the molecule is CC(=O)C(Br)c1cccc(CBr)c1Br. The fourth-order valence-corrected chi connectivity index (χ4v) is 3.28. The second kappa shape index (κ2) is 5.42. The summed E-state index contributed by atoms with van der Waals surface area (Å²) >= 11 is 10.3. The van der Waals surface area contributed by atoms with Gasteiger partial charge in [0.2, 0.25) is 0 Å². The van der Waals surface area contributed by atoms with Crippen LogP contribution in [-0.2, 0) is 10.1 Å². The van der Waals surface area contributed by atoms with Gasteiger partial charge in [-0.2, -0.15) is 0 Å². The number of Topliss-reactive ketones (excluding diaryl/α,β-unsaturated/α-hetero) is 1. The van der Waals surface area contributed by atoms with Crippen LogP contribution in [0.2, 0.25) is 0 Å². The molecule has 0 aliphatic heterocycles. The normalized spacial score (nSPS) is 12.6. The first-order valence-corrected chi connectivity index (χ1v) is 6.88. The van der Waals surface area contributed by atoms with E-state index in [0.29, 0.717) is 0 Å². The number of halogens is 3. The van der Waals surface area contributed by atoms with Gasteiger partial charge < -0.3 is 0 Å². The minimum Gasteiger partial charge on any atom is -0.298 e. The highest BCUT2D eigenvalue weighted by Gasteiger charge is 2.16. The fourth-order valence-electron chi connectivity index (χ4n) is 1.12. The molecule has 1 atom stereocenters. The highest BCUT2D eigenvalue weighted by molar-refractivity contribution is 9.11. The Morgan fingerprint density at radius 2 is 2.14 bits per heavy atom. The molecule has 0 saturated carbocycles. The van der Waals surface area contributed by atoms with E-state index in [1.807, 2.05) is 18.2 Å². The van der Waals surface area contributed by atoms with Gasteiger partial charge >= 0.3 is 0 Å². The molecular formula is C10H9Br3O. The number of rotatable bonds is 3. The zero-order valence-electron chi connectivity index (χ0n) is 7.56. The van der Waals surface area contributed by atoms with E-state index in [1.54, 1.807) is 6.92 Å². The molecule has 0 spiro atoms. The lowest BCUT2D eigenvalue weighted by Gasteiger charge is -2.11. The largest absolute Gasteiger partial charge is 0.298 e. The molecule has 0 N–H and O–H groups in total. The van der Waals surface area contributed by atoms with Gasteiger partial charge in [-0.05, 0) is 18.1 Å². The van der Waals surface area contributed by atoms with Gasteiger partial charge in [-0.15, -0.1) is 0 Å². The smallest absolute Gasteiger partial charge is 0.147 e. The van der Waals surface area contributed by atoms with Gasteiger partial charge in [-0.25, -0.2) is 0 Å². The number of alkyl halides is 2. The lowest BCUT2D eigenvalue weighted by atomic mass is 10.1. The zero-order chi connectivity index (χ0) is 10.7. The van der Waals surface area contributed by atoms with Gasteiger partial charge in [0.1, 0.15) is 5.78 Å². The van der Waals surface area contributed by atoms with Crippen LogP contribution in [0.4, 0.5) is 0 Å². The average Bonchev–Trinajstić information content (AvgIpc) is 2.17. The molecule has 4 heteroatoms. The molecule has 1 nitrogen and oxygen atoms in total. The predicted molar refractivity (Wildman–Crippen MR) is 69.1 cm³/mol. The summed E-state index contributed by atoms with van der Waals surface area (Å²) in [6.45, 7) is 1.58. The van der Waals surface area contributed by atoms with Crippen molar-refractivity contribution in [2.45, 2.75) is 17.1 Å². The second-order valence-corrected chi connectivity index (χ2v) is 5.20. The van der Waals surface area contributed by atoms with Gasteiger partial charge in [0.05, 0.1) is 4.83 Å². The zero-order valence-corrected chi connectivity index (χ0v) is 12.3. The maximum Gasteiger partial charge on any atom is 0.147 e. The Bertz CT molecular complexity index is 349. The summed E-state index contributed by atoms with van der Waals surface area (Å²) in [6, 6.07) is 5.91. The van der Waals surface area contributed by atoms with E-state index < -0.39 is 0 Å². The Balaban J connectivity index is 3.15. The highest BCUT2D eigenvalue weighted by Crippen LogP contribution is 2.33. The first-order chi connectivity index (χ1) is 6.57. The Labute approximate surface area is 109 Å². The summed E-state index contributed by atoms with van der Waals surface area (Å²) < 4.78 is 0.994. The van der Waals surface area contributed by atoms with Crippen LogP contribution in [0, 0.1) is 0 Å². The number of hydrogen-bond acceptors (Lipinski definition) is 1. The Kier molecular flexibility index (Phi) is 4.80. The van der Waals surface area contributed by atoms with Crippen LogP contribution in [0.25, 0.3) is 0 Å². The molecule has 0 aliphatic rings. The maximum absolute atomic E-state index is 11.2. The Morgan fingerprint density at radius 3 is 2.64 bits per heavy atom. The molecule has 0 bridgehead atoms. The van der Waals surface area contributed by atoms with Crippen molar-refractivity contribution in [3.05, 3.63) is 33.8 Å². The van der Waals surface area contributed by atoms with Crippen LogP contribution in [0.15, 0.2) is 22.7 Å². The molecule has 0 radical (unpaired) electrons. The van der Waals surface area contributed by atoms with Crippen molar-refractivity contribution >= 4 is 53.6 Å². The Morgan fingerprint density at radius 1 is 1.50 bits per heavy atom. The van der Waals surface area contributed by atoms with Crippen LogP contribution < -0.4 is 0 Å². The third-order valence-corrected chi connectivity index (χ3v) is 4.59. The standard InChI is InChI=1S/C10H9Br3O/c1-6(14)9(12)8-4-2-3-7(5-11)10(8)13/h2-4,9H,5H2,1H3. The minimum absolute atomic E-state index is 0.109. The van der Waals surface area contributed by atoms with Crippen LogP contribution in [0.5, 0.6) is 0 Å². The second-order valence-electron chi connectivity index (χ2n) is 2.93. The fraction of sp³-hybridized carbons (Fsp3) is 0.300. The van der Waals surface area contributed by atoms with Crippen molar-refractivity contribution in [2.75, 3.05) is 0 Å². The summed E-state index contributed by atoms with van der Waals surface area (Å²) in [5, 5.41) is 0.777. The topological polar surface area (TPSA) is 17.1 Å². The van der Waals surface area contributed by atoms with Gasteiger partial charge in [-0.3, -0.25) is 4.79 Å². The molecule has 0 heterocycles. The molecule has 1 aromatic rings. The van der Waals surface area contributed by atoms with Gasteiger partial charge in [0.25, 0.3) is 0 Å². The molecule has 1 unspecified atom stereocenters. The van der Waals surface area contributed by atoms with Crippen molar-refractivity contribution in [1.82, 2.24) is 0 Å². The molecule has 1 rings (SSSR count). The van der Waals surface area contributed by atoms with Crippen molar-refractivity contribution in [3.63, 3.8) is 0 Å². The maximum atomic E-state index is 11.2. The number of carbonyl (C=O) groups is 1. The van der Waals surface area contributed by atoms with E-state index in [-0.39, 0.29) is 10.6 Å². The number of benzene rings is 1. The lowest BCUT2D eigenvalue weighted by molar-refractivity contribution is -0.116. The summed E-state index contributed by atoms with van der Waals surface area (Å²) in [5.74, 6) is 0.109. The lowest BCUT2D eigenvalue weighted by Crippen LogP contribution is -2.02. The van der Waals surface area contributed by atoms with Crippen LogP contribution in [0.3, 0.4) is 0 Å². The third-order valence-electron chi connectivity index (χ3n) is 1.88. The summed E-state index contributed by atoms with van der Waals surface area (Å²) in [6.07, 6.45) is 0. The van der Waals surface area contributed by atoms with Crippen LogP contribution >= 0.6 is 47.8 Å². The number of ketones is 1.